The van der Waals surface area contributed by atoms with Gasteiger partial charge >= 0.3 is 0 Å². The summed E-state index contributed by atoms with van der Waals surface area (Å²) in [7, 11) is 0. The molecule has 1 aromatic rings. The second-order valence-corrected chi connectivity index (χ2v) is 8.12. The summed E-state index contributed by atoms with van der Waals surface area (Å²) in [6.07, 6.45) is 2.25. The molecule has 0 aliphatic heterocycles. The summed E-state index contributed by atoms with van der Waals surface area (Å²) in [4.78, 5) is 0. The minimum absolute atomic E-state index is 0.145. The number of rotatable bonds is 0. The van der Waals surface area contributed by atoms with Crippen molar-refractivity contribution in [3.05, 3.63) is 23.5 Å². The monoisotopic (exact) mass is 235 g/mol. The fraction of sp³-hybridized carbons (Fsp3) is 0.750. The van der Waals surface area contributed by atoms with Crippen molar-refractivity contribution in [2.24, 2.45) is 0 Å². The Balaban J connectivity index is 3.53. The van der Waals surface area contributed by atoms with Crippen molar-refractivity contribution in [2.75, 3.05) is 0 Å². The molecule has 0 bridgehead atoms. The highest BCUT2D eigenvalue weighted by atomic mass is 15.1. The van der Waals surface area contributed by atoms with Gasteiger partial charge in [0.15, 0.2) is 0 Å². The zero-order valence-electron chi connectivity index (χ0n) is 13.1. The Morgan fingerprint density at radius 3 is 1.53 bits per heavy atom. The summed E-state index contributed by atoms with van der Waals surface area (Å²) in [5.74, 6) is 0. The van der Waals surface area contributed by atoms with Crippen molar-refractivity contribution in [1.82, 2.24) is 4.57 Å². The molecular formula is C16H29N. The summed E-state index contributed by atoms with van der Waals surface area (Å²) in [5.41, 5.74) is 3.47. The molecule has 0 saturated heterocycles. The normalized spacial score (nSPS) is 14.2. The van der Waals surface area contributed by atoms with E-state index in [0.29, 0.717) is 0 Å². The maximum Gasteiger partial charge on any atom is 0.0358 e. The molecule has 98 valence electrons. The summed E-state index contributed by atoms with van der Waals surface area (Å²) in [6, 6.07) is 2.30. The average molecular weight is 235 g/mol. The van der Waals surface area contributed by atoms with Gasteiger partial charge in [-0.1, -0.05) is 41.5 Å². The molecule has 1 rings (SSSR count). The van der Waals surface area contributed by atoms with Gasteiger partial charge in [0.05, 0.1) is 0 Å². The minimum Gasteiger partial charge on any atom is -0.345 e. The topological polar surface area (TPSA) is 4.93 Å². The highest BCUT2D eigenvalue weighted by Crippen LogP contribution is 2.37. The van der Waals surface area contributed by atoms with Crippen molar-refractivity contribution in [3.8, 4) is 0 Å². The smallest absolute Gasteiger partial charge is 0.0358 e. The van der Waals surface area contributed by atoms with Crippen molar-refractivity contribution >= 4 is 0 Å². The van der Waals surface area contributed by atoms with Crippen LogP contribution in [0.5, 0.6) is 0 Å². The van der Waals surface area contributed by atoms with E-state index in [9.17, 15) is 0 Å². The third-order valence-corrected chi connectivity index (χ3v) is 3.13. The lowest BCUT2D eigenvalue weighted by Crippen LogP contribution is -2.31. The van der Waals surface area contributed by atoms with Crippen molar-refractivity contribution in [1.29, 1.82) is 0 Å². The predicted octanol–water partition coefficient (Wildman–Crippen LogP) is 4.84. The Kier molecular flexibility index (Phi) is 3.29. The third-order valence-electron chi connectivity index (χ3n) is 3.13. The van der Waals surface area contributed by atoms with Gasteiger partial charge in [0.1, 0.15) is 0 Å². The number of aromatic nitrogens is 1. The second kappa shape index (κ2) is 3.90. The molecule has 17 heavy (non-hydrogen) atoms. The molecule has 0 fully saturated rings. The molecule has 1 heteroatoms. The number of hydrogen-bond donors (Lipinski definition) is 0. The summed E-state index contributed by atoms with van der Waals surface area (Å²) in [6.45, 7) is 20.6. The molecule has 0 atom stereocenters. The van der Waals surface area contributed by atoms with Gasteiger partial charge < -0.3 is 4.57 Å². The van der Waals surface area contributed by atoms with Crippen molar-refractivity contribution in [2.45, 2.75) is 78.7 Å². The molecule has 0 unspecified atom stereocenters. The van der Waals surface area contributed by atoms with Crippen LogP contribution < -0.4 is 0 Å². The molecule has 0 radical (unpaired) electrons. The van der Waals surface area contributed by atoms with Crippen LogP contribution in [0, 0.1) is 0 Å². The summed E-state index contributed by atoms with van der Waals surface area (Å²) >= 11 is 0. The average Bonchev–Trinajstić information content (AvgIpc) is 2.42. The van der Waals surface area contributed by atoms with E-state index < -0.39 is 0 Å². The molecule has 0 saturated carbocycles. The van der Waals surface area contributed by atoms with Gasteiger partial charge in [-0.05, 0) is 37.8 Å². The van der Waals surface area contributed by atoms with Gasteiger partial charge in [-0.3, -0.25) is 0 Å². The molecule has 0 spiro atoms. The van der Waals surface area contributed by atoms with E-state index in [1.807, 2.05) is 0 Å². The molecule has 1 aromatic heterocycles. The van der Waals surface area contributed by atoms with E-state index in [2.05, 4.69) is 79.1 Å². The first-order valence-electron chi connectivity index (χ1n) is 6.58. The van der Waals surface area contributed by atoms with E-state index in [-0.39, 0.29) is 16.4 Å². The van der Waals surface area contributed by atoms with E-state index >= 15 is 0 Å². The van der Waals surface area contributed by atoms with Gasteiger partial charge in [0.2, 0.25) is 0 Å². The van der Waals surface area contributed by atoms with Crippen LogP contribution >= 0.6 is 0 Å². The molecule has 0 amide bonds. The first-order valence-corrected chi connectivity index (χ1v) is 6.58. The van der Waals surface area contributed by atoms with E-state index in [4.69, 9.17) is 0 Å². The number of hydrogen-bond acceptors (Lipinski definition) is 0. The quantitative estimate of drug-likeness (QED) is 0.606. The molecule has 0 aliphatic rings. The maximum atomic E-state index is 2.44. The number of nitrogens with zero attached hydrogens (tertiary/aromatic N) is 1. The summed E-state index contributed by atoms with van der Waals surface area (Å²) < 4.78 is 2.44. The lowest BCUT2D eigenvalue weighted by molar-refractivity contribution is 0.355. The predicted molar refractivity (Wildman–Crippen MR) is 76.8 cm³/mol. The fourth-order valence-corrected chi connectivity index (χ4v) is 2.36. The molecule has 1 heterocycles. The molecular weight excluding hydrogens is 206 g/mol. The van der Waals surface area contributed by atoms with Crippen molar-refractivity contribution in [3.63, 3.8) is 0 Å². The Hall–Kier alpha value is -0.720. The van der Waals surface area contributed by atoms with Crippen LogP contribution in [0.1, 0.15) is 73.6 Å². The molecule has 1 nitrogen and oxygen atoms in total. The highest BCUT2D eigenvalue weighted by molar-refractivity contribution is 5.35. The minimum atomic E-state index is 0.145. The van der Waals surface area contributed by atoms with Crippen LogP contribution in [0.2, 0.25) is 0 Å². The molecule has 0 N–H and O–H groups in total. The van der Waals surface area contributed by atoms with E-state index in [1.165, 1.54) is 11.3 Å². The largest absolute Gasteiger partial charge is 0.345 e. The second-order valence-electron chi connectivity index (χ2n) is 8.12. The van der Waals surface area contributed by atoms with Gasteiger partial charge in [-0.25, -0.2) is 0 Å². The Morgan fingerprint density at radius 2 is 1.24 bits per heavy atom. The molecule has 0 aliphatic carbocycles. The van der Waals surface area contributed by atoms with Gasteiger partial charge in [0, 0.05) is 22.8 Å². The molecule has 0 aromatic carbocycles. The van der Waals surface area contributed by atoms with Crippen LogP contribution in [0.4, 0.5) is 0 Å². The Morgan fingerprint density at radius 1 is 0.765 bits per heavy atom. The van der Waals surface area contributed by atoms with Crippen LogP contribution in [0.25, 0.3) is 0 Å². The van der Waals surface area contributed by atoms with Crippen LogP contribution in [-0.4, -0.2) is 4.57 Å². The highest BCUT2D eigenvalue weighted by Gasteiger charge is 2.31. The van der Waals surface area contributed by atoms with E-state index in [0.717, 1.165) is 0 Å². The van der Waals surface area contributed by atoms with Crippen LogP contribution in [0.15, 0.2) is 12.3 Å². The lowest BCUT2D eigenvalue weighted by Gasteiger charge is -2.34. The van der Waals surface area contributed by atoms with E-state index in [1.54, 1.807) is 0 Å². The zero-order chi connectivity index (χ0) is 13.6. The maximum absolute atomic E-state index is 2.44. The first-order chi connectivity index (χ1) is 7.35. The third kappa shape index (κ3) is 2.94. The van der Waals surface area contributed by atoms with Gasteiger partial charge in [0.25, 0.3) is 0 Å². The standard InChI is InChI=1S/C16H29N/c1-14(2,3)12-10-11-17(16(7,8)9)13(12)15(4,5)6/h10-11H,1-9H3. The first kappa shape index (κ1) is 14.3. The SMILES string of the molecule is CC(C)(C)c1ccn(C(C)(C)C)c1C(C)(C)C. The van der Waals surface area contributed by atoms with Crippen LogP contribution in [0.3, 0.4) is 0 Å². The van der Waals surface area contributed by atoms with Crippen molar-refractivity contribution < 1.29 is 0 Å². The lowest BCUT2D eigenvalue weighted by atomic mass is 9.79. The van der Waals surface area contributed by atoms with Gasteiger partial charge in [-0.15, -0.1) is 0 Å². The fourth-order valence-electron chi connectivity index (χ4n) is 2.36. The Labute approximate surface area is 107 Å². The van der Waals surface area contributed by atoms with Crippen LogP contribution in [-0.2, 0) is 16.4 Å². The Bertz CT molecular complexity index is 357. The zero-order valence-corrected chi connectivity index (χ0v) is 13.1. The van der Waals surface area contributed by atoms with Gasteiger partial charge in [-0.2, -0.15) is 0 Å². The summed E-state index contributed by atoms with van der Waals surface area (Å²) in [5, 5.41) is 0.